The SMILES string of the molecule is O=C1[C@H]2[C@H]3C[C@@H]([C@@H]4Sc5[nH]c(=O)sc5[C@@H](c5cccs5)[C@@H]34)[C@@H]2C(=O)N1c1ccc(F)cc1. The van der Waals surface area contributed by atoms with Gasteiger partial charge in [0, 0.05) is 20.9 Å². The average molecular weight is 485 g/mol. The predicted molar refractivity (Wildman–Crippen MR) is 122 cm³/mol. The molecule has 5 nitrogen and oxygen atoms in total. The number of hydrogen-bond acceptors (Lipinski definition) is 6. The van der Waals surface area contributed by atoms with Crippen molar-refractivity contribution in [2.45, 2.75) is 22.6 Å². The average Bonchev–Trinajstić information content (AvgIpc) is 3.57. The Bertz CT molecular complexity index is 1310. The van der Waals surface area contributed by atoms with Crippen LogP contribution < -0.4 is 9.77 Å². The van der Waals surface area contributed by atoms with E-state index in [9.17, 15) is 18.8 Å². The van der Waals surface area contributed by atoms with E-state index >= 15 is 0 Å². The van der Waals surface area contributed by atoms with Crippen molar-refractivity contribution < 1.29 is 14.0 Å². The number of carbonyl (C=O) groups excluding carboxylic acids is 2. The highest BCUT2D eigenvalue weighted by atomic mass is 32.2. The summed E-state index contributed by atoms with van der Waals surface area (Å²) < 4.78 is 13.4. The molecular weight excluding hydrogens is 467 g/mol. The molecule has 2 saturated carbocycles. The third kappa shape index (κ3) is 2.42. The molecule has 0 unspecified atom stereocenters. The number of H-pyrrole nitrogens is 1. The van der Waals surface area contributed by atoms with E-state index in [1.165, 1.54) is 45.4 Å². The Morgan fingerprint density at radius 1 is 1.00 bits per heavy atom. The van der Waals surface area contributed by atoms with E-state index in [2.05, 4.69) is 16.4 Å². The van der Waals surface area contributed by atoms with Crippen molar-refractivity contribution in [3.8, 4) is 0 Å². The molecule has 162 valence electrons. The number of thiazole rings is 1. The van der Waals surface area contributed by atoms with Gasteiger partial charge in [-0.15, -0.1) is 23.1 Å². The molecule has 3 fully saturated rings. The van der Waals surface area contributed by atoms with Gasteiger partial charge in [-0.1, -0.05) is 17.4 Å². The molecule has 2 aliphatic heterocycles. The van der Waals surface area contributed by atoms with E-state index < -0.39 is 5.82 Å². The highest BCUT2D eigenvalue weighted by Crippen LogP contribution is 2.68. The van der Waals surface area contributed by atoms with E-state index in [1.54, 1.807) is 23.1 Å². The van der Waals surface area contributed by atoms with Gasteiger partial charge in [0.05, 0.1) is 22.5 Å². The van der Waals surface area contributed by atoms with Gasteiger partial charge < -0.3 is 4.98 Å². The lowest BCUT2D eigenvalue weighted by atomic mass is 9.69. The first-order valence-electron chi connectivity index (χ1n) is 10.6. The number of benzene rings is 1. The summed E-state index contributed by atoms with van der Waals surface area (Å²) in [5.74, 6) is -0.873. The fourth-order valence-electron chi connectivity index (χ4n) is 6.65. The number of nitrogens with zero attached hydrogens (tertiary/aromatic N) is 1. The lowest BCUT2D eigenvalue weighted by molar-refractivity contribution is -0.123. The standard InChI is InChI=1S/C23H17FN2O3S3/c24-9-3-5-10(6-4-9)26-21(27)15-11-8-12(16(15)22(26)28)18-14(11)17(13-2-1-7-30-13)19-20(31-18)25-23(29)32-19/h1-7,11-12,14-18H,8H2,(H,25,29)/t11-,12+,14+,15-,16-,17-,18-/m0/s1. The minimum atomic E-state index is -0.394. The second kappa shape index (κ2) is 6.65. The molecule has 2 aromatic heterocycles. The van der Waals surface area contributed by atoms with Crippen molar-refractivity contribution in [2.75, 3.05) is 4.90 Å². The predicted octanol–water partition coefficient (Wildman–Crippen LogP) is 4.31. The fraction of sp³-hybridized carbons (Fsp3) is 0.348. The number of nitrogens with one attached hydrogen (secondary N) is 1. The number of fused-ring (bicyclic) bond motifs is 9. The number of halogens is 1. The second-order valence-electron chi connectivity index (χ2n) is 8.96. The first-order chi connectivity index (χ1) is 15.5. The van der Waals surface area contributed by atoms with Crippen LogP contribution in [0.4, 0.5) is 10.1 Å². The molecule has 1 N–H and O–H groups in total. The van der Waals surface area contributed by atoms with E-state index in [4.69, 9.17) is 0 Å². The number of carbonyl (C=O) groups is 2. The summed E-state index contributed by atoms with van der Waals surface area (Å²) in [6.07, 6.45) is 0.869. The number of thiophene rings is 1. The molecule has 3 aromatic rings. The van der Waals surface area contributed by atoms with Crippen LogP contribution in [-0.2, 0) is 9.59 Å². The number of anilines is 1. The molecule has 2 aliphatic carbocycles. The van der Waals surface area contributed by atoms with Crippen LogP contribution in [0, 0.1) is 35.4 Å². The van der Waals surface area contributed by atoms with Crippen molar-refractivity contribution in [1.82, 2.24) is 4.98 Å². The van der Waals surface area contributed by atoms with E-state index in [0.717, 1.165) is 16.3 Å². The van der Waals surface area contributed by atoms with Crippen molar-refractivity contribution in [3.05, 3.63) is 67.0 Å². The van der Waals surface area contributed by atoms with E-state index in [-0.39, 0.29) is 57.4 Å². The number of imide groups is 1. The van der Waals surface area contributed by atoms with Crippen molar-refractivity contribution in [2.24, 2.45) is 29.6 Å². The largest absolute Gasteiger partial charge is 0.307 e. The number of amides is 2. The number of hydrogen-bond donors (Lipinski definition) is 1. The van der Waals surface area contributed by atoms with Gasteiger partial charge in [-0.2, -0.15) is 0 Å². The summed E-state index contributed by atoms with van der Waals surface area (Å²) in [4.78, 5) is 45.7. The van der Waals surface area contributed by atoms with Crippen LogP contribution in [0.25, 0.3) is 0 Å². The number of rotatable bonds is 2. The number of aromatic amines is 1. The van der Waals surface area contributed by atoms with Gasteiger partial charge in [0.2, 0.25) is 11.8 Å². The smallest absolute Gasteiger partial charge is 0.305 e. The minimum absolute atomic E-state index is 0.0498. The van der Waals surface area contributed by atoms with Gasteiger partial charge in [-0.3, -0.25) is 19.3 Å². The Kier molecular flexibility index (Phi) is 4.00. The fourth-order valence-corrected chi connectivity index (χ4v) is 10.5. The Labute approximate surface area is 194 Å². The Morgan fingerprint density at radius 2 is 1.75 bits per heavy atom. The van der Waals surface area contributed by atoms with Crippen LogP contribution in [0.2, 0.25) is 0 Å². The lowest BCUT2D eigenvalue weighted by Crippen LogP contribution is -2.42. The quantitative estimate of drug-likeness (QED) is 0.550. The summed E-state index contributed by atoms with van der Waals surface area (Å²) in [5, 5.41) is 3.17. The zero-order chi connectivity index (χ0) is 21.7. The molecule has 32 heavy (non-hydrogen) atoms. The molecule has 7 rings (SSSR count). The zero-order valence-corrected chi connectivity index (χ0v) is 19.0. The molecule has 2 bridgehead atoms. The molecule has 0 radical (unpaired) electrons. The van der Waals surface area contributed by atoms with Crippen molar-refractivity contribution >= 4 is 51.9 Å². The normalized spacial score (nSPS) is 34.7. The molecule has 7 atom stereocenters. The van der Waals surface area contributed by atoms with E-state index in [1.807, 2.05) is 6.07 Å². The van der Waals surface area contributed by atoms with Gasteiger partial charge in [-0.25, -0.2) is 4.39 Å². The Balaban J connectivity index is 1.32. The number of thioether (sulfide) groups is 1. The third-order valence-corrected chi connectivity index (χ3v) is 11.2. The van der Waals surface area contributed by atoms with Crippen LogP contribution in [0.5, 0.6) is 0 Å². The first kappa shape index (κ1) is 19.3. The van der Waals surface area contributed by atoms with Gasteiger partial charge in [0.1, 0.15) is 5.82 Å². The maximum absolute atomic E-state index is 13.5. The van der Waals surface area contributed by atoms with Crippen LogP contribution >= 0.6 is 34.4 Å². The van der Waals surface area contributed by atoms with Crippen molar-refractivity contribution in [3.63, 3.8) is 0 Å². The third-order valence-electron chi connectivity index (χ3n) is 7.66. The Hall–Kier alpha value is -2.23. The van der Waals surface area contributed by atoms with Gasteiger partial charge in [0.15, 0.2) is 0 Å². The lowest BCUT2D eigenvalue weighted by Gasteiger charge is -2.42. The van der Waals surface area contributed by atoms with Crippen LogP contribution in [0.3, 0.4) is 0 Å². The van der Waals surface area contributed by atoms with Crippen LogP contribution in [0.1, 0.15) is 22.1 Å². The summed E-state index contributed by atoms with van der Waals surface area (Å²) in [6, 6.07) is 9.73. The van der Waals surface area contributed by atoms with Crippen LogP contribution in [0.15, 0.2) is 51.6 Å². The van der Waals surface area contributed by atoms with Gasteiger partial charge in [0.25, 0.3) is 0 Å². The first-order valence-corrected chi connectivity index (χ1v) is 13.2. The van der Waals surface area contributed by atoms with Gasteiger partial charge >= 0.3 is 4.87 Å². The molecule has 4 heterocycles. The zero-order valence-electron chi connectivity index (χ0n) is 16.6. The molecule has 2 amide bonds. The van der Waals surface area contributed by atoms with Crippen molar-refractivity contribution in [1.29, 1.82) is 0 Å². The molecule has 4 aliphatic rings. The second-order valence-corrected chi connectivity index (χ2v) is 12.1. The summed E-state index contributed by atoms with van der Waals surface area (Å²) in [6.45, 7) is 0. The molecular formula is C23H17FN2O3S3. The monoisotopic (exact) mass is 484 g/mol. The molecule has 1 aromatic carbocycles. The summed E-state index contributed by atoms with van der Waals surface area (Å²) in [5.41, 5.74) is 0.448. The minimum Gasteiger partial charge on any atom is -0.307 e. The summed E-state index contributed by atoms with van der Waals surface area (Å²) in [7, 11) is 0. The molecule has 9 heteroatoms. The molecule has 0 spiro atoms. The maximum Gasteiger partial charge on any atom is 0.305 e. The Morgan fingerprint density at radius 3 is 2.47 bits per heavy atom. The topological polar surface area (TPSA) is 70.2 Å². The molecule has 1 saturated heterocycles. The highest BCUT2D eigenvalue weighted by Gasteiger charge is 2.69. The van der Waals surface area contributed by atoms with Crippen LogP contribution in [-0.4, -0.2) is 22.0 Å². The van der Waals surface area contributed by atoms with Gasteiger partial charge in [-0.05, 0) is 59.9 Å². The summed E-state index contributed by atoms with van der Waals surface area (Å²) >= 11 is 4.65. The highest BCUT2D eigenvalue weighted by molar-refractivity contribution is 8.00. The van der Waals surface area contributed by atoms with E-state index in [0.29, 0.717) is 5.69 Å². The maximum atomic E-state index is 13.5. The number of aromatic nitrogens is 1.